The van der Waals surface area contributed by atoms with E-state index in [1.54, 1.807) is 0 Å². The van der Waals surface area contributed by atoms with Gasteiger partial charge in [0.1, 0.15) is 5.54 Å². The van der Waals surface area contributed by atoms with Gasteiger partial charge in [-0.3, -0.25) is 9.69 Å². The van der Waals surface area contributed by atoms with Crippen LogP contribution in [0.15, 0.2) is 18.2 Å². The minimum Gasteiger partial charge on any atom is -0.319 e. The molecule has 2 fully saturated rings. The maximum Gasteiger partial charge on any atom is 0.325 e. The summed E-state index contributed by atoms with van der Waals surface area (Å²) < 4.78 is 0. The predicted molar refractivity (Wildman–Crippen MR) is 91.7 cm³/mol. The fourth-order valence-electron chi connectivity index (χ4n) is 4.30. The van der Waals surface area contributed by atoms with Crippen molar-refractivity contribution < 1.29 is 9.59 Å². The second kappa shape index (κ2) is 5.88. The average molecular weight is 327 g/mol. The molecule has 2 N–H and O–H groups in total. The molecule has 4 rings (SSSR count). The highest BCUT2D eigenvalue weighted by Gasteiger charge is 2.51. The van der Waals surface area contributed by atoms with Crippen LogP contribution in [-0.4, -0.2) is 36.0 Å². The van der Waals surface area contributed by atoms with Gasteiger partial charge in [0.05, 0.1) is 0 Å². The highest BCUT2D eigenvalue weighted by molar-refractivity contribution is 6.07. The van der Waals surface area contributed by atoms with Crippen LogP contribution < -0.4 is 10.6 Å². The van der Waals surface area contributed by atoms with Crippen molar-refractivity contribution in [3.63, 3.8) is 0 Å². The van der Waals surface area contributed by atoms with Gasteiger partial charge in [0, 0.05) is 6.04 Å². The van der Waals surface area contributed by atoms with Gasteiger partial charge in [-0.05, 0) is 75.2 Å². The Labute approximate surface area is 142 Å². The largest absolute Gasteiger partial charge is 0.325 e. The Morgan fingerprint density at radius 2 is 1.79 bits per heavy atom. The van der Waals surface area contributed by atoms with Gasteiger partial charge in [0.2, 0.25) is 0 Å². The van der Waals surface area contributed by atoms with Gasteiger partial charge in [0.15, 0.2) is 0 Å². The van der Waals surface area contributed by atoms with Crippen LogP contribution in [0.25, 0.3) is 0 Å². The number of benzene rings is 1. The second-order valence-corrected chi connectivity index (χ2v) is 7.40. The number of rotatable bonds is 2. The van der Waals surface area contributed by atoms with Gasteiger partial charge in [-0.15, -0.1) is 0 Å². The number of nitrogens with one attached hydrogen (secondary N) is 2. The van der Waals surface area contributed by atoms with Crippen molar-refractivity contribution in [2.45, 2.75) is 57.0 Å². The zero-order valence-electron chi connectivity index (χ0n) is 14.2. The zero-order chi connectivity index (χ0) is 16.7. The highest BCUT2D eigenvalue weighted by atomic mass is 16.2. The summed E-state index contributed by atoms with van der Waals surface area (Å²) >= 11 is 0. The van der Waals surface area contributed by atoms with Crippen LogP contribution in [0.3, 0.4) is 0 Å². The first kappa shape index (κ1) is 15.6. The van der Waals surface area contributed by atoms with E-state index in [0.29, 0.717) is 0 Å². The van der Waals surface area contributed by atoms with Gasteiger partial charge in [-0.25, -0.2) is 4.79 Å². The van der Waals surface area contributed by atoms with Crippen LogP contribution in [0, 0.1) is 0 Å². The molecule has 2 aliphatic heterocycles. The molecule has 1 aromatic carbocycles. The van der Waals surface area contributed by atoms with Gasteiger partial charge in [0.25, 0.3) is 5.91 Å². The molecule has 1 unspecified atom stereocenters. The van der Waals surface area contributed by atoms with Crippen LogP contribution in [0.1, 0.15) is 49.3 Å². The third-order valence-corrected chi connectivity index (χ3v) is 5.82. The lowest BCUT2D eigenvalue weighted by Crippen LogP contribution is -2.47. The molecule has 0 saturated carbocycles. The monoisotopic (exact) mass is 327 g/mol. The first-order chi connectivity index (χ1) is 11.6. The summed E-state index contributed by atoms with van der Waals surface area (Å²) in [5.74, 6) is -0.102. The molecule has 0 bridgehead atoms. The van der Waals surface area contributed by atoms with Gasteiger partial charge >= 0.3 is 6.03 Å². The Morgan fingerprint density at radius 1 is 1.08 bits per heavy atom. The van der Waals surface area contributed by atoms with Crippen molar-refractivity contribution in [2.75, 3.05) is 13.1 Å². The summed E-state index contributed by atoms with van der Waals surface area (Å²) in [6.07, 6.45) is 6.30. The first-order valence-corrected chi connectivity index (χ1v) is 9.08. The summed E-state index contributed by atoms with van der Waals surface area (Å²) in [6, 6.07) is 6.07. The Kier molecular flexibility index (Phi) is 3.83. The standard InChI is InChI=1S/C19H25N3O2/c1-19(15-7-6-13-4-2-3-5-14(13)12-15)17(23)22(18(24)21-19)16-8-10-20-11-9-16/h6-7,12,16,20H,2-5,8-11H2,1H3,(H,21,24). The molecule has 2 saturated heterocycles. The number of carbonyl (C=O) groups is 2. The molecule has 5 nitrogen and oxygen atoms in total. The Hall–Kier alpha value is -1.88. The van der Waals surface area contributed by atoms with Crippen LogP contribution >= 0.6 is 0 Å². The van der Waals surface area contributed by atoms with E-state index in [2.05, 4.69) is 22.8 Å². The third kappa shape index (κ3) is 2.42. The van der Waals surface area contributed by atoms with Crippen molar-refractivity contribution in [2.24, 2.45) is 0 Å². The van der Waals surface area contributed by atoms with E-state index < -0.39 is 5.54 Å². The van der Waals surface area contributed by atoms with Crippen LogP contribution in [-0.2, 0) is 23.2 Å². The van der Waals surface area contributed by atoms with Crippen molar-refractivity contribution in [3.8, 4) is 0 Å². The normalized spacial score (nSPS) is 28.0. The van der Waals surface area contributed by atoms with E-state index in [4.69, 9.17) is 0 Å². The van der Waals surface area contributed by atoms with E-state index in [0.717, 1.165) is 44.3 Å². The topological polar surface area (TPSA) is 61.4 Å². The highest BCUT2D eigenvalue weighted by Crippen LogP contribution is 2.34. The number of imide groups is 1. The molecule has 24 heavy (non-hydrogen) atoms. The number of fused-ring (bicyclic) bond motifs is 1. The van der Waals surface area contributed by atoms with E-state index in [1.165, 1.54) is 28.9 Å². The summed E-state index contributed by atoms with van der Waals surface area (Å²) in [5.41, 5.74) is 2.70. The lowest BCUT2D eigenvalue weighted by molar-refractivity contribution is -0.133. The van der Waals surface area contributed by atoms with Crippen LogP contribution in [0.5, 0.6) is 0 Å². The molecule has 128 valence electrons. The van der Waals surface area contributed by atoms with Crippen LogP contribution in [0.4, 0.5) is 4.79 Å². The maximum atomic E-state index is 13.1. The number of urea groups is 1. The van der Waals surface area contributed by atoms with Crippen molar-refractivity contribution >= 4 is 11.9 Å². The SMILES string of the molecule is CC1(c2ccc3c(c2)CCCC3)NC(=O)N(C2CCNCC2)C1=O. The fourth-order valence-corrected chi connectivity index (χ4v) is 4.30. The molecular formula is C19H25N3O2. The molecular weight excluding hydrogens is 302 g/mol. The molecule has 0 aromatic heterocycles. The number of amides is 3. The molecule has 0 spiro atoms. The predicted octanol–water partition coefficient (Wildman–Crippen LogP) is 2.08. The molecule has 2 heterocycles. The number of hydrogen-bond acceptors (Lipinski definition) is 3. The maximum absolute atomic E-state index is 13.1. The third-order valence-electron chi connectivity index (χ3n) is 5.82. The van der Waals surface area contributed by atoms with Gasteiger partial charge in [-0.1, -0.05) is 18.2 Å². The van der Waals surface area contributed by atoms with Crippen molar-refractivity contribution in [3.05, 3.63) is 34.9 Å². The lowest BCUT2D eigenvalue weighted by atomic mass is 9.84. The van der Waals surface area contributed by atoms with Crippen molar-refractivity contribution in [1.29, 1.82) is 0 Å². The van der Waals surface area contributed by atoms with Crippen molar-refractivity contribution in [1.82, 2.24) is 15.5 Å². The molecule has 3 aliphatic rings. The van der Waals surface area contributed by atoms with Gasteiger partial charge < -0.3 is 10.6 Å². The molecule has 5 heteroatoms. The molecule has 1 aromatic rings. The molecule has 0 radical (unpaired) electrons. The van der Waals surface area contributed by atoms with Gasteiger partial charge in [-0.2, -0.15) is 0 Å². The minimum absolute atomic E-state index is 0.0122. The Bertz CT molecular complexity index is 681. The summed E-state index contributed by atoms with van der Waals surface area (Å²) in [5, 5.41) is 6.25. The lowest BCUT2D eigenvalue weighted by Gasteiger charge is -2.30. The summed E-state index contributed by atoms with van der Waals surface area (Å²) in [6.45, 7) is 3.56. The average Bonchev–Trinajstić information content (AvgIpc) is 2.85. The quantitative estimate of drug-likeness (QED) is 0.818. The number of aryl methyl sites for hydroxylation is 2. The molecule has 1 atom stereocenters. The first-order valence-electron chi connectivity index (χ1n) is 9.08. The molecule has 3 amide bonds. The smallest absolute Gasteiger partial charge is 0.319 e. The Balaban J connectivity index is 1.65. The fraction of sp³-hybridized carbons (Fsp3) is 0.579. The zero-order valence-corrected chi connectivity index (χ0v) is 14.2. The number of carbonyl (C=O) groups excluding carboxylic acids is 2. The van der Waals surface area contributed by atoms with Crippen LogP contribution in [0.2, 0.25) is 0 Å². The summed E-state index contributed by atoms with van der Waals surface area (Å²) in [7, 11) is 0. The number of nitrogens with zero attached hydrogens (tertiary/aromatic N) is 1. The summed E-state index contributed by atoms with van der Waals surface area (Å²) in [4.78, 5) is 27.1. The Morgan fingerprint density at radius 3 is 2.54 bits per heavy atom. The van der Waals surface area contributed by atoms with E-state index in [9.17, 15) is 9.59 Å². The van der Waals surface area contributed by atoms with E-state index in [-0.39, 0.29) is 18.0 Å². The number of piperidine rings is 1. The second-order valence-electron chi connectivity index (χ2n) is 7.40. The van der Waals surface area contributed by atoms with E-state index in [1.807, 2.05) is 13.0 Å². The molecule has 1 aliphatic carbocycles. The minimum atomic E-state index is -0.936. The number of hydrogen-bond donors (Lipinski definition) is 2. The van der Waals surface area contributed by atoms with E-state index >= 15 is 0 Å².